The molecule has 6 heteroatoms. The summed E-state index contributed by atoms with van der Waals surface area (Å²) in [6.07, 6.45) is 0. The summed E-state index contributed by atoms with van der Waals surface area (Å²) >= 11 is 5.79. The number of nitrogens with zero attached hydrogens (tertiary/aromatic N) is 1. The molecular formula is C14H15ClN2O2S. The predicted octanol–water partition coefficient (Wildman–Crippen LogP) is 2.74. The largest absolute Gasteiger partial charge is 0.398 e. The Morgan fingerprint density at radius 3 is 2.40 bits per heavy atom. The maximum absolute atomic E-state index is 12.5. The van der Waals surface area contributed by atoms with Crippen molar-refractivity contribution in [1.29, 1.82) is 0 Å². The molecule has 2 aromatic rings. The second-order valence-electron chi connectivity index (χ2n) is 4.43. The fraction of sp³-hybridized carbons (Fsp3) is 0.143. The molecule has 0 saturated carbocycles. The third-order valence-electron chi connectivity index (χ3n) is 2.91. The maximum atomic E-state index is 12.5. The summed E-state index contributed by atoms with van der Waals surface area (Å²) < 4.78 is 26.2. The van der Waals surface area contributed by atoms with Crippen molar-refractivity contribution in [2.45, 2.75) is 11.4 Å². The van der Waals surface area contributed by atoms with E-state index in [0.717, 1.165) is 5.56 Å². The number of nitrogen functional groups attached to an aromatic ring is 1. The quantitative estimate of drug-likeness (QED) is 0.883. The molecule has 0 bridgehead atoms. The highest BCUT2D eigenvalue weighted by Gasteiger charge is 2.23. The van der Waals surface area contributed by atoms with Crippen molar-refractivity contribution in [2.24, 2.45) is 0 Å². The number of nitrogens with two attached hydrogens (primary N) is 1. The zero-order valence-electron chi connectivity index (χ0n) is 11.0. The van der Waals surface area contributed by atoms with Crippen molar-refractivity contribution >= 4 is 27.3 Å². The van der Waals surface area contributed by atoms with Crippen LogP contribution in [0.25, 0.3) is 0 Å². The number of hydrogen-bond acceptors (Lipinski definition) is 3. The summed E-state index contributed by atoms with van der Waals surface area (Å²) in [6, 6.07) is 13.7. The van der Waals surface area contributed by atoms with Crippen LogP contribution in [0, 0.1) is 0 Å². The molecule has 0 fully saturated rings. The average Bonchev–Trinajstić information content (AvgIpc) is 2.39. The average molecular weight is 311 g/mol. The van der Waals surface area contributed by atoms with Gasteiger partial charge in [-0.05, 0) is 23.8 Å². The first kappa shape index (κ1) is 14.8. The lowest BCUT2D eigenvalue weighted by molar-refractivity contribution is 0.467. The van der Waals surface area contributed by atoms with E-state index in [1.807, 2.05) is 30.3 Å². The molecule has 0 spiro atoms. The zero-order chi connectivity index (χ0) is 14.8. The van der Waals surface area contributed by atoms with Gasteiger partial charge in [-0.15, -0.1) is 0 Å². The lowest BCUT2D eigenvalue weighted by Crippen LogP contribution is -2.27. The van der Waals surface area contributed by atoms with Gasteiger partial charge in [0, 0.05) is 18.6 Å². The topological polar surface area (TPSA) is 63.4 Å². The standard InChI is InChI=1S/C14H15ClN2O2S/c1-17(10-11-5-3-2-4-6-11)20(18,19)14-8-7-12(15)9-13(14)16/h2-9H,10,16H2,1H3. The van der Waals surface area contributed by atoms with Gasteiger partial charge in [-0.3, -0.25) is 0 Å². The third kappa shape index (κ3) is 3.12. The van der Waals surface area contributed by atoms with Crippen LogP contribution in [-0.4, -0.2) is 19.8 Å². The number of anilines is 1. The second-order valence-corrected chi connectivity index (χ2v) is 6.88. The first-order valence-corrected chi connectivity index (χ1v) is 7.78. The molecule has 0 aromatic heterocycles. The molecule has 20 heavy (non-hydrogen) atoms. The van der Waals surface area contributed by atoms with Crippen LogP contribution in [0.2, 0.25) is 5.02 Å². The molecule has 0 amide bonds. The molecule has 0 saturated heterocycles. The van der Waals surface area contributed by atoms with Crippen LogP contribution in [0.1, 0.15) is 5.56 Å². The first-order valence-electron chi connectivity index (χ1n) is 5.96. The summed E-state index contributed by atoms with van der Waals surface area (Å²) in [7, 11) is -2.11. The van der Waals surface area contributed by atoms with E-state index in [-0.39, 0.29) is 17.1 Å². The maximum Gasteiger partial charge on any atom is 0.245 e. The highest BCUT2D eigenvalue weighted by Crippen LogP contribution is 2.25. The van der Waals surface area contributed by atoms with Gasteiger partial charge in [0.1, 0.15) is 4.90 Å². The summed E-state index contributed by atoms with van der Waals surface area (Å²) in [5.74, 6) is 0. The van der Waals surface area contributed by atoms with E-state index in [2.05, 4.69) is 0 Å². The van der Waals surface area contributed by atoms with Gasteiger partial charge in [0.2, 0.25) is 10.0 Å². The predicted molar refractivity (Wildman–Crippen MR) is 81.0 cm³/mol. The highest BCUT2D eigenvalue weighted by atomic mass is 35.5. The summed E-state index contributed by atoms with van der Waals surface area (Å²) in [4.78, 5) is 0.0698. The van der Waals surface area contributed by atoms with Gasteiger partial charge in [0.15, 0.2) is 0 Å². The Balaban J connectivity index is 2.30. The van der Waals surface area contributed by atoms with Crippen molar-refractivity contribution in [1.82, 2.24) is 4.31 Å². The normalized spacial score (nSPS) is 11.8. The van der Waals surface area contributed by atoms with Gasteiger partial charge in [-0.2, -0.15) is 4.31 Å². The fourth-order valence-electron chi connectivity index (χ4n) is 1.85. The van der Waals surface area contributed by atoms with Gasteiger partial charge in [0.05, 0.1) is 5.69 Å². The van der Waals surface area contributed by atoms with Crippen molar-refractivity contribution < 1.29 is 8.42 Å². The molecule has 0 heterocycles. The van der Waals surface area contributed by atoms with E-state index in [9.17, 15) is 8.42 Å². The molecule has 2 rings (SSSR count). The third-order valence-corrected chi connectivity index (χ3v) is 5.02. The summed E-state index contributed by atoms with van der Waals surface area (Å²) in [6.45, 7) is 0.283. The van der Waals surface area contributed by atoms with Gasteiger partial charge in [-0.25, -0.2) is 8.42 Å². The molecule has 2 aromatic carbocycles. The number of halogens is 1. The molecule has 0 aliphatic heterocycles. The second kappa shape index (κ2) is 5.83. The monoisotopic (exact) mass is 310 g/mol. The van der Waals surface area contributed by atoms with Crippen LogP contribution in [0.5, 0.6) is 0 Å². The van der Waals surface area contributed by atoms with Crippen molar-refractivity contribution in [2.75, 3.05) is 12.8 Å². The van der Waals surface area contributed by atoms with Crippen LogP contribution in [0.15, 0.2) is 53.4 Å². The lowest BCUT2D eigenvalue weighted by Gasteiger charge is -2.18. The van der Waals surface area contributed by atoms with Gasteiger partial charge in [-0.1, -0.05) is 41.9 Å². The minimum absolute atomic E-state index is 0.0698. The summed E-state index contributed by atoms with van der Waals surface area (Å²) in [5.41, 5.74) is 6.81. The number of hydrogen-bond donors (Lipinski definition) is 1. The number of rotatable bonds is 4. The lowest BCUT2D eigenvalue weighted by atomic mass is 10.2. The Morgan fingerprint density at radius 1 is 1.15 bits per heavy atom. The van der Waals surface area contributed by atoms with Crippen LogP contribution in [0.3, 0.4) is 0 Å². The first-order chi connectivity index (χ1) is 9.41. The molecule has 0 aliphatic rings. The molecule has 0 unspecified atom stereocenters. The molecule has 4 nitrogen and oxygen atoms in total. The number of sulfonamides is 1. The number of benzene rings is 2. The molecule has 0 aliphatic carbocycles. The SMILES string of the molecule is CN(Cc1ccccc1)S(=O)(=O)c1ccc(Cl)cc1N. The van der Waals surface area contributed by atoms with Crippen molar-refractivity contribution in [3.63, 3.8) is 0 Å². The van der Waals surface area contributed by atoms with Crippen LogP contribution in [0.4, 0.5) is 5.69 Å². The molecule has 0 radical (unpaired) electrons. The Labute approximate surface area is 123 Å². The van der Waals surface area contributed by atoms with E-state index in [0.29, 0.717) is 5.02 Å². The minimum atomic E-state index is -3.63. The minimum Gasteiger partial charge on any atom is -0.398 e. The fourth-order valence-corrected chi connectivity index (χ4v) is 3.28. The van der Waals surface area contributed by atoms with E-state index in [1.165, 1.54) is 29.6 Å². The van der Waals surface area contributed by atoms with E-state index < -0.39 is 10.0 Å². The molecule has 2 N–H and O–H groups in total. The molecular weight excluding hydrogens is 296 g/mol. The van der Waals surface area contributed by atoms with Crippen molar-refractivity contribution in [3.05, 3.63) is 59.1 Å². The van der Waals surface area contributed by atoms with E-state index >= 15 is 0 Å². The van der Waals surface area contributed by atoms with E-state index in [4.69, 9.17) is 17.3 Å². The van der Waals surface area contributed by atoms with E-state index in [1.54, 1.807) is 0 Å². The Hall–Kier alpha value is -1.56. The highest BCUT2D eigenvalue weighted by molar-refractivity contribution is 7.89. The van der Waals surface area contributed by atoms with Crippen LogP contribution < -0.4 is 5.73 Å². The molecule has 106 valence electrons. The van der Waals surface area contributed by atoms with Gasteiger partial charge >= 0.3 is 0 Å². The smallest absolute Gasteiger partial charge is 0.245 e. The van der Waals surface area contributed by atoms with Gasteiger partial charge < -0.3 is 5.73 Å². The Bertz CT molecular complexity index is 702. The summed E-state index contributed by atoms with van der Waals surface area (Å²) in [5, 5.41) is 0.409. The van der Waals surface area contributed by atoms with Crippen molar-refractivity contribution in [3.8, 4) is 0 Å². The Morgan fingerprint density at radius 2 is 1.80 bits per heavy atom. The molecule has 0 atom stereocenters. The van der Waals surface area contributed by atoms with Gasteiger partial charge in [0.25, 0.3) is 0 Å². The van der Waals surface area contributed by atoms with Crippen LogP contribution >= 0.6 is 11.6 Å². The zero-order valence-corrected chi connectivity index (χ0v) is 12.5. The Kier molecular flexibility index (Phi) is 4.32. The van der Waals surface area contributed by atoms with Crippen LogP contribution in [-0.2, 0) is 16.6 Å².